The highest BCUT2D eigenvalue weighted by atomic mass is 79.9. The lowest BCUT2D eigenvalue weighted by Crippen LogP contribution is -1.83. The van der Waals surface area contributed by atoms with Gasteiger partial charge in [0.1, 0.15) is 0 Å². The van der Waals surface area contributed by atoms with E-state index in [1.54, 1.807) is 0 Å². The minimum Gasteiger partial charge on any atom is -0.0925 e. The van der Waals surface area contributed by atoms with Crippen LogP contribution >= 0.6 is 15.9 Å². The molecule has 0 radical (unpaired) electrons. The van der Waals surface area contributed by atoms with Gasteiger partial charge in [0.15, 0.2) is 0 Å². The number of aryl methyl sites for hydroxylation is 1. The number of halogens is 1. The van der Waals surface area contributed by atoms with Gasteiger partial charge in [0, 0.05) is 5.33 Å². The van der Waals surface area contributed by atoms with Gasteiger partial charge in [0.25, 0.3) is 0 Å². The summed E-state index contributed by atoms with van der Waals surface area (Å²) in [6.45, 7) is 4.35. The zero-order valence-corrected chi connectivity index (χ0v) is 10.5. The van der Waals surface area contributed by atoms with Gasteiger partial charge in [-0.1, -0.05) is 53.2 Å². The van der Waals surface area contributed by atoms with E-state index in [0.29, 0.717) is 0 Å². The summed E-state index contributed by atoms with van der Waals surface area (Å²) in [7, 11) is 0. The number of hydrogen-bond donors (Lipinski definition) is 0. The van der Waals surface area contributed by atoms with E-state index in [1.807, 2.05) is 0 Å². The first-order chi connectivity index (χ1) is 6.77. The molecule has 0 nitrogen and oxygen atoms in total. The lowest BCUT2D eigenvalue weighted by molar-refractivity contribution is 1.14. The Morgan fingerprint density at radius 3 is 2.43 bits per heavy atom. The maximum Gasteiger partial charge on any atom is 0.00661 e. The number of hydrogen-bond acceptors (Lipinski definition) is 0. The molecular formula is C13H17Br. The van der Waals surface area contributed by atoms with Crippen molar-refractivity contribution < 1.29 is 0 Å². The quantitative estimate of drug-likeness (QED) is 0.696. The first-order valence-corrected chi connectivity index (χ1v) is 6.22. The van der Waals surface area contributed by atoms with Crippen LogP contribution in [0, 0.1) is 0 Å². The molecule has 0 bridgehead atoms. The van der Waals surface area contributed by atoms with E-state index < -0.39 is 0 Å². The molecule has 0 saturated carbocycles. The molecule has 0 N–H and O–H groups in total. The first-order valence-electron chi connectivity index (χ1n) is 5.10. The Bertz CT molecular complexity index is 296. The normalized spacial score (nSPS) is 11.8. The number of allylic oxidation sites excluding steroid dienone is 2. The predicted molar refractivity (Wildman–Crippen MR) is 67.9 cm³/mol. The van der Waals surface area contributed by atoms with E-state index in [-0.39, 0.29) is 0 Å². The van der Waals surface area contributed by atoms with E-state index in [1.165, 1.54) is 16.7 Å². The van der Waals surface area contributed by atoms with E-state index >= 15 is 0 Å². The maximum absolute atomic E-state index is 3.43. The lowest BCUT2D eigenvalue weighted by Gasteiger charge is -2.02. The van der Waals surface area contributed by atoms with Crippen molar-refractivity contribution in [2.75, 3.05) is 5.33 Å². The number of alkyl halides is 1. The Labute approximate surface area is 95.2 Å². The Morgan fingerprint density at radius 1 is 1.29 bits per heavy atom. The molecule has 1 heteroatoms. The molecule has 0 aliphatic rings. The van der Waals surface area contributed by atoms with E-state index in [9.17, 15) is 0 Å². The zero-order chi connectivity index (χ0) is 10.4. The van der Waals surface area contributed by atoms with Crippen molar-refractivity contribution in [3.8, 4) is 0 Å². The molecule has 1 aromatic carbocycles. The predicted octanol–water partition coefficient (Wildman–Crippen LogP) is 4.44. The Balaban J connectivity index is 2.76. The van der Waals surface area contributed by atoms with Gasteiger partial charge in [0.2, 0.25) is 0 Å². The van der Waals surface area contributed by atoms with E-state index in [4.69, 9.17) is 0 Å². The maximum atomic E-state index is 3.43. The van der Waals surface area contributed by atoms with Crippen molar-refractivity contribution in [3.05, 3.63) is 41.5 Å². The second kappa shape index (κ2) is 6.02. The summed E-state index contributed by atoms with van der Waals surface area (Å²) in [5, 5.41) is 1.04. The lowest BCUT2D eigenvalue weighted by atomic mass is 10.0. The third-order valence-electron chi connectivity index (χ3n) is 2.38. The summed E-state index contributed by atoms with van der Waals surface area (Å²) >= 11 is 3.43. The highest BCUT2D eigenvalue weighted by molar-refractivity contribution is 9.09. The third-order valence-corrected chi connectivity index (χ3v) is 2.83. The molecule has 1 rings (SSSR count). The molecule has 76 valence electrons. The second-order valence-corrected chi connectivity index (χ2v) is 4.21. The van der Waals surface area contributed by atoms with Crippen LogP contribution in [0.15, 0.2) is 30.3 Å². The monoisotopic (exact) mass is 252 g/mol. The molecule has 0 heterocycles. The van der Waals surface area contributed by atoms with Crippen LogP contribution in [-0.2, 0) is 6.42 Å². The van der Waals surface area contributed by atoms with Gasteiger partial charge < -0.3 is 0 Å². The van der Waals surface area contributed by atoms with Gasteiger partial charge in [-0.2, -0.15) is 0 Å². The average Bonchev–Trinajstić information content (AvgIpc) is 2.26. The van der Waals surface area contributed by atoms with Crippen LogP contribution in [0.25, 0.3) is 5.57 Å². The topological polar surface area (TPSA) is 0 Å². The van der Waals surface area contributed by atoms with Gasteiger partial charge in [-0.05, 0) is 36.5 Å². The first kappa shape index (κ1) is 11.5. The fraction of sp³-hybridized carbons (Fsp3) is 0.385. The molecule has 0 aromatic heterocycles. The summed E-state index contributed by atoms with van der Waals surface area (Å²) < 4.78 is 0. The minimum absolute atomic E-state index is 1.04. The van der Waals surface area contributed by atoms with Gasteiger partial charge in [-0.3, -0.25) is 0 Å². The van der Waals surface area contributed by atoms with Crippen molar-refractivity contribution in [1.82, 2.24) is 0 Å². The van der Waals surface area contributed by atoms with Crippen LogP contribution in [0.2, 0.25) is 0 Å². The molecule has 0 unspecified atom stereocenters. The molecule has 0 atom stereocenters. The van der Waals surface area contributed by atoms with Crippen molar-refractivity contribution in [2.24, 2.45) is 0 Å². The van der Waals surface area contributed by atoms with Crippen LogP contribution in [-0.4, -0.2) is 5.33 Å². The smallest absolute Gasteiger partial charge is 0.00661 e. The van der Waals surface area contributed by atoms with Crippen molar-refractivity contribution in [2.45, 2.75) is 26.7 Å². The number of rotatable bonds is 4. The molecular weight excluding hydrogens is 236 g/mol. The zero-order valence-electron chi connectivity index (χ0n) is 8.89. The van der Waals surface area contributed by atoms with Crippen LogP contribution in [0.3, 0.4) is 0 Å². The van der Waals surface area contributed by atoms with Gasteiger partial charge >= 0.3 is 0 Å². The molecule has 0 amide bonds. The Hall–Kier alpha value is -0.560. The van der Waals surface area contributed by atoms with Crippen LogP contribution in [0.4, 0.5) is 0 Å². The second-order valence-electron chi connectivity index (χ2n) is 3.42. The highest BCUT2D eigenvalue weighted by Crippen LogP contribution is 2.15. The molecule has 0 saturated heterocycles. The van der Waals surface area contributed by atoms with Crippen LogP contribution in [0.5, 0.6) is 0 Å². The molecule has 0 spiro atoms. The van der Waals surface area contributed by atoms with E-state index in [2.05, 4.69) is 60.1 Å². The van der Waals surface area contributed by atoms with Crippen LogP contribution in [0.1, 0.15) is 31.4 Å². The standard InChI is InChI=1S/C13H17Br/c1-3-12-6-8-13(9-7-12)11(2)5-4-10-14/h5-9H,3-4,10H2,1-2H3. The Kier molecular flexibility index (Phi) is 4.95. The molecule has 14 heavy (non-hydrogen) atoms. The van der Waals surface area contributed by atoms with Crippen molar-refractivity contribution in [1.29, 1.82) is 0 Å². The van der Waals surface area contributed by atoms with Crippen molar-refractivity contribution in [3.63, 3.8) is 0 Å². The summed E-state index contributed by atoms with van der Waals surface area (Å²) in [4.78, 5) is 0. The van der Waals surface area contributed by atoms with Gasteiger partial charge in [0.05, 0.1) is 0 Å². The summed E-state index contributed by atoms with van der Waals surface area (Å²) in [5.74, 6) is 0. The van der Waals surface area contributed by atoms with Gasteiger partial charge in [-0.15, -0.1) is 0 Å². The van der Waals surface area contributed by atoms with E-state index in [0.717, 1.165) is 18.2 Å². The fourth-order valence-corrected chi connectivity index (χ4v) is 1.62. The van der Waals surface area contributed by atoms with Gasteiger partial charge in [-0.25, -0.2) is 0 Å². The van der Waals surface area contributed by atoms with Crippen LogP contribution < -0.4 is 0 Å². The largest absolute Gasteiger partial charge is 0.0925 e. The molecule has 0 fully saturated rings. The summed E-state index contributed by atoms with van der Waals surface area (Å²) in [6, 6.07) is 8.83. The Morgan fingerprint density at radius 2 is 1.93 bits per heavy atom. The highest BCUT2D eigenvalue weighted by Gasteiger charge is 1.94. The fourth-order valence-electron chi connectivity index (χ4n) is 1.39. The third kappa shape index (κ3) is 3.30. The summed E-state index contributed by atoms with van der Waals surface area (Å²) in [5.41, 5.74) is 4.11. The SMILES string of the molecule is CCc1ccc(C(C)=CCCBr)cc1. The summed E-state index contributed by atoms with van der Waals surface area (Å²) in [6.07, 6.45) is 4.49. The molecule has 0 aliphatic heterocycles. The molecule has 1 aromatic rings. The average molecular weight is 253 g/mol. The number of benzene rings is 1. The minimum atomic E-state index is 1.04. The van der Waals surface area contributed by atoms with Crippen molar-refractivity contribution >= 4 is 21.5 Å². The molecule has 0 aliphatic carbocycles.